The van der Waals surface area contributed by atoms with E-state index in [1.807, 2.05) is 24.3 Å². The molecular weight excluding hydrogens is 248 g/mol. The number of aryl methyl sites for hydroxylation is 1. The maximum Gasteiger partial charge on any atom is 0.120 e. The van der Waals surface area contributed by atoms with Crippen molar-refractivity contribution in [2.45, 2.75) is 19.4 Å². The highest BCUT2D eigenvalue weighted by atomic mass is 32.1. The van der Waals surface area contributed by atoms with Gasteiger partial charge in [0.25, 0.3) is 0 Å². The van der Waals surface area contributed by atoms with E-state index in [4.69, 9.17) is 9.47 Å². The summed E-state index contributed by atoms with van der Waals surface area (Å²) in [7, 11) is 0. The number of rotatable bonds is 5. The largest absolute Gasteiger partial charge is 0.491 e. The van der Waals surface area contributed by atoms with Crippen molar-refractivity contribution in [2.75, 3.05) is 13.2 Å². The van der Waals surface area contributed by atoms with Crippen LogP contribution in [-0.4, -0.2) is 28.9 Å². The molecule has 5 heteroatoms. The van der Waals surface area contributed by atoms with Crippen LogP contribution in [0.3, 0.4) is 0 Å². The summed E-state index contributed by atoms with van der Waals surface area (Å²) in [6, 6.07) is 7.99. The second-order valence-electron chi connectivity index (χ2n) is 4.19. The topological polar surface area (TPSA) is 47.5 Å². The van der Waals surface area contributed by atoms with Crippen LogP contribution in [0.1, 0.15) is 11.8 Å². The molecule has 4 nitrogen and oxygen atoms in total. The van der Waals surface area contributed by atoms with Crippen LogP contribution in [0.15, 0.2) is 24.3 Å². The molecule has 1 unspecified atom stereocenters. The summed E-state index contributed by atoms with van der Waals surface area (Å²) in [4.78, 5) is 1.21. The zero-order valence-corrected chi connectivity index (χ0v) is 10.9. The SMILES string of the molecule is CCc1snnc1-c1cccc(OCC2CO2)c1. The Balaban J connectivity index is 1.80. The lowest BCUT2D eigenvalue weighted by molar-refractivity contribution is 0.263. The van der Waals surface area contributed by atoms with Crippen molar-refractivity contribution in [1.29, 1.82) is 0 Å². The Kier molecular flexibility index (Phi) is 3.25. The minimum Gasteiger partial charge on any atom is -0.491 e. The molecule has 0 bridgehead atoms. The van der Waals surface area contributed by atoms with E-state index in [-0.39, 0.29) is 6.10 Å². The van der Waals surface area contributed by atoms with Crippen LogP contribution in [0.25, 0.3) is 11.3 Å². The predicted molar refractivity (Wildman–Crippen MR) is 70.0 cm³/mol. The Labute approximate surface area is 110 Å². The predicted octanol–water partition coefficient (Wildman–Crippen LogP) is 2.55. The Morgan fingerprint density at radius 1 is 1.50 bits per heavy atom. The summed E-state index contributed by atoms with van der Waals surface area (Å²) in [5.41, 5.74) is 2.03. The Morgan fingerprint density at radius 3 is 3.17 bits per heavy atom. The summed E-state index contributed by atoms with van der Waals surface area (Å²) >= 11 is 1.46. The van der Waals surface area contributed by atoms with Crippen LogP contribution in [0.4, 0.5) is 0 Å². The van der Waals surface area contributed by atoms with Gasteiger partial charge < -0.3 is 9.47 Å². The van der Waals surface area contributed by atoms with Gasteiger partial charge >= 0.3 is 0 Å². The number of hydrogen-bond acceptors (Lipinski definition) is 5. The number of hydrogen-bond donors (Lipinski definition) is 0. The Bertz CT molecular complexity index is 537. The number of aromatic nitrogens is 2. The molecule has 2 aromatic rings. The molecule has 94 valence electrons. The van der Waals surface area contributed by atoms with E-state index in [9.17, 15) is 0 Å². The van der Waals surface area contributed by atoms with Gasteiger partial charge in [0.05, 0.1) is 11.5 Å². The molecule has 0 saturated carbocycles. The number of epoxide rings is 1. The van der Waals surface area contributed by atoms with E-state index in [2.05, 4.69) is 16.5 Å². The molecule has 1 aromatic heterocycles. The first-order chi connectivity index (χ1) is 8.86. The van der Waals surface area contributed by atoms with Crippen molar-refractivity contribution in [3.63, 3.8) is 0 Å². The molecule has 1 aromatic carbocycles. The van der Waals surface area contributed by atoms with E-state index in [0.29, 0.717) is 6.61 Å². The van der Waals surface area contributed by atoms with Gasteiger partial charge in [-0.25, -0.2) is 0 Å². The molecule has 0 aliphatic carbocycles. The monoisotopic (exact) mass is 262 g/mol. The number of nitrogens with zero attached hydrogens (tertiary/aromatic N) is 2. The first-order valence-electron chi connectivity index (χ1n) is 6.03. The van der Waals surface area contributed by atoms with Crippen molar-refractivity contribution < 1.29 is 9.47 Å². The van der Waals surface area contributed by atoms with E-state index < -0.39 is 0 Å². The Hall–Kier alpha value is -1.46. The zero-order valence-electron chi connectivity index (χ0n) is 10.1. The lowest BCUT2D eigenvalue weighted by atomic mass is 10.1. The molecule has 18 heavy (non-hydrogen) atoms. The average Bonchev–Trinajstić information content (AvgIpc) is 3.12. The summed E-state index contributed by atoms with van der Waals surface area (Å²) < 4.78 is 14.8. The summed E-state index contributed by atoms with van der Waals surface area (Å²) in [6.07, 6.45) is 1.23. The normalized spacial score (nSPS) is 17.7. The van der Waals surface area contributed by atoms with Crippen LogP contribution < -0.4 is 4.74 Å². The molecule has 1 saturated heterocycles. The third-order valence-corrected chi connectivity index (χ3v) is 3.69. The van der Waals surface area contributed by atoms with Crippen LogP contribution in [-0.2, 0) is 11.2 Å². The molecule has 0 spiro atoms. The molecule has 1 atom stereocenters. The lowest BCUT2D eigenvalue weighted by Crippen LogP contribution is -2.03. The van der Waals surface area contributed by atoms with Crippen molar-refractivity contribution >= 4 is 11.5 Å². The number of ether oxygens (including phenoxy) is 2. The van der Waals surface area contributed by atoms with Crippen LogP contribution in [0.2, 0.25) is 0 Å². The highest BCUT2D eigenvalue weighted by molar-refractivity contribution is 7.05. The lowest BCUT2D eigenvalue weighted by Gasteiger charge is -2.06. The molecule has 1 fully saturated rings. The van der Waals surface area contributed by atoms with Gasteiger partial charge in [0.1, 0.15) is 24.2 Å². The highest BCUT2D eigenvalue weighted by Crippen LogP contribution is 2.27. The fraction of sp³-hybridized carbons (Fsp3) is 0.385. The van der Waals surface area contributed by atoms with Gasteiger partial charge in [0, 0.05) is 5.56 Å². The van der Waals surface area contributed by atoms with Crippen molar-refractivity contribution in [3.05, 3.63) is 29.1 Å². The third kappa shape index (κ3) is 2.52. The quantitative estimate of drug-likeness (QED) is 0.777. The first-order valence-corrected chi connectivity index (χ1v) is 6.80. The molecule has 0 amide bonds. The van der Waals surface area contributed by atoms with E-state index in [1.165, 1.54) is 16.4 Å². The van der Waals surface area contributed by atoms with Gasteiger partial charge in [-0.15, -0.1) is 5.10 Å². The average molecular weight is 262 g/mol. The maximum atomic E-state index is 5.67. The second-order valence-corrected chi connectivity index (χ2v) is 5.03. The van der Waals surface area contributed by atoms with E-state index in [1.54, 1.807) is 0 Å². The van der Waals surface area contributed by atoms with Crippen molar-refractivity contribution in [3.8, 4) is 17.0 Å². The van der Waals surface area contributed by atoms with Gasteiger partial charge in [-0.2, -0.15) is 0 Å². The van der Waals surface area contributed by atoms with Gasteiger partial charge in [0.15, 0.2) is 0 Å². The molecule has 2 heterocycles. The van der Waals surface area contributed by atoms with E-state index in [0.717, 1.165) is 30.0 Å². The third-order valence-electron chi connectivity index (χ3n) is 2.82. The van der Waals surface area contributed by atoms with Crippen LogP contribution in [0, 0.1) is 0 Å². The summed E-state index contributed by atoms with van der Waals surface area (Å²) in [5.74, 6) is 0.859. The van der Waals surface area contributed by atoms with Crippen molar-refractivity contribution in [1.82, 2.24) is 9.59 Å². The number of benzene rings is 1. The van der Waals surface area contributed by atoms with Gasteiger partial charge in [0.2, 0.25) is 0 Å². The molecular formula is C13H14N2O2S. The van der Waals surface area contributed by atoms with Gasteiger partial charge in [-0.05, 0) is 30.1 Å². The summed E-state index contributed by atoms with van der Waals surface area (Å²) in [6.45, 7) is 3.55. The van der Waals surface area contributed by atoms with Crippen LogP contribution >= 0.6 is 11.5 Å². The summed E-state index contributed by atoms with van der Waals surface area (Å²) in [5, 5.41) is 4.19. The second kappa shape index (κ2) is 5.04. The molecule has 0 radical (unpaired) electrons. The standard InChI is InChI=1S/C13H14N2O2S/c1-2-12-13(14-15-18-12)9-4-3-5-10(6-9)16-7-11-8-17-11/h3-6,11H,2,7-8H2,1H3. The maximum absolute atomic E-state index is 5.67. The zero-order chi connectivity index (χ0) is 12.4. The highest BCUT2D eigenvalue weighted by Gasteiger charge is 2.23. The smallest absolute Gasteiger partial charge is 0.120 e. The first kappa shape index (κ1) is 11.6. The molecule has 3 rings (SSSR count). The van der Waals surface area contributed by atoms with Crippen molar-refractivity contribution in [2.24, 2.45) is 0 Å². The Morgan fingerprint density at radius 2 is 2.39 bits per heavy atom. The fourth-order valence-corrected chi connectivity index (χ4v) is 2.34. The molecule has 0 N–H and O–H groups in total. The minimum absolute atomic E-state index is 0.279. The molecule has 1 aliphatic heterocycles. The minimum atomic E-state index is 0.279. The van der Waals surface area contributed by atoms with E-state index >= 15 is 0 Å². The van der Waals surface area contributed by atoms with Crippen LogP contribution in [0.5, 0.6) is 5.75 Å². The fourth-order valence-electron chi connectivity index (χ4n) is 1.75. The molecule has 1 aliphatic rings. The van der Waals surface area contributed by atoms with Gasteiger partial charge in [-0.3, -0.25) is 0 Å². The van der Waals surface area contributed by atoms with Gasteiger partial charge in [-0.1, -0.05) is 23.5 Å².